The fourth-order valence-corrected chi connectivity index (χ4v) is 2.32. The van der Waals surface area contributed by atoms with Gasteiger partial charge in [0.05, 0.1) is 16.7 Å². The van der Waals surface area contributed by atoms with Crippen LogP contribution < -0.4 is 5.46 Å². The van der Waals surface area contributed by atoms with E-state index in [-0.39, 0.29) is 5.69 Å². The third-order valence-corrected chi connectivity index (χ3v) is 4.32. The summed E-state index contributed by atoms with van der Waals surface area (Å²) in [6, 6.07) is 5.36. The molecule has 0 radical (unpaired) electrons. The van der Waals surface area contributed by atoms with Crippen LogP contribution >= 0.6 is 0 Å². The Morgan fingerprint density at radius 3 is 2.43 bits per heavy atom. The molecule has 1 saturated heterocycles. The lowest BCUT2D eigenvalue weighted by atomic mass is 9.78. The number of aromatic amines is 1. The zero-order valence-corrected chi connectivity index (χ0v) is 12.4. The summed E-state index contributed by atoms with van der Waals surface area (Å²) >= 11 is 0. The van der Waals surface area contributed by atoms with Gasteiger partial charge in [-0.3, -0.25) is 5.10 Å². The van der Waals surface area contributed by atoms with Crippen molar-refractivity contribution in [3.05, 3.63) is 23.9 Å². The summed E-state index contributed by atoms with van der Waals surface area (Å²) in [4.78, 5) is 11.2. The highest BCUT2D eigenvalue weighted by Crippen LogP contribution is 2.36. The van der Waals surface area contributed by atoms with Gasteiger partial charge in [-0.2, -0.15) is 5.10 Å². The number of benzene rings is 1. The van der Waals surface area contributed by atoms with Crippen molar-refractivity contribution < 1.29 is 19.2 Å². The Hall–Kier alpha value is -1.86. The highest BCUT2D eigenvalue weighted by Gasteiger charge is 2.51. The summed E-state index contributed by atoms with van der Waals surface area (Å²) in [5, 5.41) is 16.2. The molecule has 7 heteroatoms. The number of nitrogens with zero attached hydrogens (tertiary/aromatic N) is 1. The van der Waals surface area contributed by atoms with Crippen LogP contribution in [0.2, 0.25) is 0 Å². The number of aromatic carboxylic acids is 1. The van der Waals surface area contributed by atoms with E-state index in [0.717, 1.165) is 5.46 Å². The van der Waals surface area contributed by atoms with Gasteiger partial charge in [-0.15, -0.1) is 0 Å². The molecule has 21 heavy (non-hydrogen) atoms. The summed E-state index contributed by atoms with van der Waals surface area (Å²) in [6.07, 6.45) is 0. The SMILES string of the molecule is CC1(C)OB(c2ccc3n[nH]c(C(=O)O)c3c2)OC1(C)C. The molecule has 1 aliphatic rings. The molecular weight excluding hydrogens is 271 g/mol. The van der Waals surface area contributed by atoms with Gasteiger partial charge >= 0.3 is 13.1 Å². The number of carboxylic acid groups (broad SMARTS) is 1. The maximum absolute atomic E-state index is 11.2. The van der Waals surface area contributed by atoms with E-state index in [4.69, 9.17) is 14.4 Å². The molecule has 1 fully saturated rings. The Morgan fingerprint density at radius 1 is 1.24 bits per heavy atom. The lowest BCUT2D eigenvalue weighted by Gasteiger charge is -2.32. The van der Waals surface area contributed by atoms with E-state index in [1.807, 2.05) is 33.8 Å². The third-order valence-electron chi connectivity index (χ3n) is 4.32. The molecule has 110 valence electrons. The van der Waals surface area contributed by atoms with Crippen LogP contribution in [-0.2, 0) is 9.31 Å². The Bertz CT molecular complexity index is 707. The fraction of sp³-hybridized carbons (Fsp3) is 0.429. The van der Waals surface area contributed by atoms with Crippen molar-refractivity contribution in [1.82, 2.24) is 10.2 Å². The first kappa shape index (κ1) is 14.1. The van der Waals surface area contributed by atoms with E-state index in [1.165, 1.54) is 0 Å². The normalized spacial score (nSPS) is 20.1. The lowest BCUT2D eigenvalue weighted by molar-refractivity contribution is 0.00578. The van der Waals surface area contributed by atoms with Crippen LogP contribution in [0.4, 0.5) is 0 Å². The van der Waals surface area contributed by atoms with Crippen LogP contribution in [-0.4, -0.2) is 39.6 Å². The Kier molecular flexibility index (Phi) is 2.90. The minimum atomic E-state index is -1.04. The zero-order chi connectivity index (χ0) is 15.4. The second-order valence-electron chi connectivity index (χ2n) is 6.27. The largest absolute Gasteiger partial charge is 0.494 e. The first-order valence-corrected chi connectivity index (χ1v) is 6.78. The number of carbonyl (C=O) groups is 1. The Labute approximate surface area is 122 Å². The van der Waals surface area contributed by atoms with Gasteiger partial charge in [0.15, 0.2) is 5.69 Å². The van der Waals surface area contributed by atoms with Crippen LogP contribution in [0.1, 0.15) is 38.2 Å². The van der Waals surface area contributed by atoms with Gasteiger partial charge in [0, 0.05) is 5.39 Å². The predicted octanol–water partition coefficient (Wildman–Crippen LogP) is 1.56. The first-order valence-electron chi connectivity index (χ1n) is 6.78. The minimum absolute atomic E-state index is 0.0726. The number of fused-ring (bicyclic) bond motifs is 1. The second-order valence-corrected chi connectivity index (χ2v) is 6.27. The van der Waals surface area contributed by atoms with E-state index in [1.54, 1.807) is 12.1 Å². The molecule has 1 aliphatic heterocycles. The van der Waals surface area contributed by atoms with E-state index in [0.29, 0.717) is 10.9 Å². The summed E-state index contributed by atoms with van der Waals surface area (Å²) in [5.74, 6) is -1.04. The monoisotopic (exact) mass is 288 g/mol. The topological polar surface area (TPSA) is 84.4 Å². The molecule has 0 bridgehead atoms. The van der Waals surface area contributed by atoms with Crippen molar-refractivity contribution in [2.45, 2.75) is 38.9 Å². The van der Waals surface area contributed by atoms with Crippen molar-refractivity contribution in [2.75, 3.05) is 0 Å². The number of carboxylic acids is 1. The van der Waals surface area contributed by atoms with E-state index in [2.05, 4.69) is 10.2 Å². The Balaban J connectivity index is 2.03. The maximum Gasteiger partial charge on any atom is 0.494 e. The number of rotatable bonds is 2. The highest BCUT2D eigenvalue weighted by molar-refractivity contribution is 6.62. The predicted molar refractivity (Wildman–Crippen MR) is 78.8 cm³/mol. The molecular formula is C14H17BN2O4. The van der Waals surface area contributed by atoms with Gasteiger partial charge in [-0.1, -0.05) is 12.1 Å². The molecule has 0 amide bonds. The van der Waals surface area contributed by atoms with Gasteiger partial charge in [-0.25, -0.2) is 4.79 Å². The van der Waals surface area contributed by atoms with Crippen molar-refractivity contribution in [3.63, 3.8) is 0 Å². The molecule has 2 N–H and O–H groups in total. The molecule has 2 aromatic rings. The molecule has 0 unspecified atom stereocenters. The Morgan fingerprint density at radius 2 is 1.86 bits per heavy atom. The van der Waals surface area contributed by atoms with Crippen LogP contribution in [0.25, 0.3) is 10.9 Å². The summed E-state index contributed by atoms with van der Waals surface area (Å²) < 4.78 is 12.0. The van der Waals surface area contributed by atoms with Crippen LogP contribution in [0, 0.1) is 0 Å². The van der Waals surface area contributed by atoms with Gasteiger partial charge in [0.2, 0.25) is 0 Å². The molecule has 6 nitrogen and oxygen atoms in total. The van der Waals surface area contributed by atoms with Crippen molar-refractivity contribution >= 4 is 29.5 Å². The van der Waals surface area contributed by atoms with Crippen molar-refractivity contribution in [3.8, 4) is 0 Å². The molecule has 0 spiro atoms. The number of H-pyrrole nitrogens is 1. The standard InChI is InChI=1S/C14H17BN2O4/c1-13(2)14(3,4)21-15(20-13)8-5-6-10-9(7-8)11(12(18)19)17-16-10/h5-7H,1-4H3,(H,16,17)(H,18,19). The molecule has 0 saturated carbocycles. The summed E-state index contributed by atoms with van der Waals surface area (Å²) in [5.41, 5.74) is 0.596. The van der Waals surface area contributed by atoms with E-state index >= 15 is 0 Å². The molecule has 1 aromatic carbocycles. The smallest absolute Gasteiger partial charge is 0.477 e. The van der Waals surface area contributed by atoms with Crippen molar-refractivity contribution in [2.24, 2.45) is 0 Å². The van der Waals surface area contributed by atoms with E-state index < -0.39 is 24.3 Å². The summed E-state index contributed by atoms with van der Waals surface area (Å²) in [7, 11) is -0.518. The minimum Gasteiger partial charge on any atom is -0.477 e. The molecule has 0 aliphatic carbocycles. The van der Waals surface area contributed by atoms with Crippen LogP contribution in [0.15, 0.2) is 18.2 Å². The quantitative estimate of drug-likeness (QED) is 0.819. The lowest BCUT2D eigenvalue weighted by Crippen LogP contribution is -2.41. The number of hydrogen-bond donors (Lipinski definition) is 2. The maximum atomic E-state index is 11.2. The molecule has 3 rings (SSSR count). The van der Waals surface area contributed by atoms with Crippen LogP contribution in [0.3, 0.4) is 0 Å². The first-order chi connectivity index (χ1) is 9.71. The fourth-order valence-electron chi connectivity index (χ4n) is 2.32. The van der Waals surface area contributed by atoms with Gasteiger partial charge in [-0.05, 0) is 39.2 Å². The summed E-state index contributed by atoms with van der Waals surface area (Å²) in [6.45, 7) is 7.91. The number of hydrogen-bond acceptors (Lipinski definition) is 4. The average molecular weight is 288 g/mol. The highest BCUT2D eigenvalue weighted by atomic mass is 16.7. The van der Waals surface area contributed by atoms with Gasteiger partial charge in [0.1, 0.15) is 0 Å². The second kappa shape index (κ2) is 4.32. The number of nitrogens with one attached hydrogen (secondary N) is 1. The molecule has 0 atom stereocenters. The van der Waals surface area contributed by atoms with E-state index in [9.17, 15) is 4.79 Å². The zero-order valence-electron chi connectivity index (χ0n) is 12.4. The number of aromatic nitrogens is 2. The molecule has 2 heterocycles. The van der Waals surface area contributed by atoms with Gasteiger partial charge < -0.3 is 14.4 Å². The van der Waals surface area contributed by atoms with Crippen molar-refractivity contribution in [1.29, 1.82) is 0 Å². The third kappa shape index (κ3) is 2.13. The van der Waals surface area contributed by atoms with Crippen LogP contribution in [0.5, 0.6) is 0 Å². The van der Waals surface area contributed by atoms with Gasteiger partial charge in [0.25, 0.3) is 0 Å². The average Bonchev–Trinajstić information content (AvgIpc) is 2.87. The molecule has 1 aromatic heterocycles.